The van der Waals surface area contributed by atoms with Crippen molar-refractivity contribution in [3.8, 4) is 0 Å². The molecule has 1 aliphatic carbocycles. The van der Waals surface area contributed by atoms with E-state index in [-0.39, 0.29) is 11.8 Å². The molecule has 0 radical (unpaired) electrons. The zero-order valence-corrected chi connectivity index (χ0v) is 20.2. The Morgan fingerprint density at radius 2 is 1.88 bits per heavy atom. The lowest BCUT2D eigenvalue weighted by atomic mass is 9.86. The smallest absolute Gasteiger partial charge is 0.255 e. The number of carbonyl (C=O) groups excluding carboxylic acids is 1. The summed E-state index contributed by atoms with van der Waals surface area (Å²) >= 11 is 0. The Hall–Kier alpha value is -2.99. The molecule has 6 nitrogen and oxygen atoms in total. The van der Waals surface area contributed by atoms with Crippen LogP contribution in [0.3, 0.4) is 0 Å². The maximum atomic E-state index is 13.5. The Kier molecular flexibility index (Phi) is 5.48. The summed E-state index contributed by atoms with van der Waals surface area (Å²) in [7, 11) is 0. The number of fused-ring (bicyclic) bond motifs is 2. The lowest BCUT2D eigenvalue weighted by molar-refractivity contribution is -0.122. The average Bonchev–Trinajstić information content (AvgIpc) is 3.18. The lowest BCUT2D eigenvalue weighted by Gasteiger charge is -2.42. The summed E-state index contributed by atoms with van der Waals surface area (Å²) in [5.41, 5.74) is 6.00. The van der Waals surface area contributed by atoms with Crippen molar-refractivity contribution >= 4 is 23.3 Å². The Labute approximate surface area is 201 Å². The highest BCUT2D eigenvalue weighted by Crippen LogP contribution is 2.35. The van der Waals surface area contributed by atoms with E-state index < -0.39 is 0 Å². The molecule has 2 aromatic heterocycles. The summed E-state index contributed by atoms with van der Waals surface area (Å²) in [5, 5.41) is 0. The van der Waals surface area contributed by atoms with Gasteiger partial charge >= 0.3 is 0 Å². The van der Waals surface area contributed by atoms with E-state index in [0.717, 1.165) is 72.3 Å². The standard InChI is InChI=1S/C28H33N5O/c1-19-6-8-24-15-29-26(21-10-12-31(13-11-21)23-4-3-5-23)18-33(24)28(34)14-25(19)22-7-9-27-30-20(2)16-32(27)17-22/h7-9,14-19,21,23H,3-6,10-13H2,1-2H3. The number of rotatable bonds is 3. The minimum atomic E-state index is 0.00487. The van der Waals surface area contributed by atoms with Crippen LogP contribution in [-0.2, 0) is 4.79 Å². The van der Waals surface area contributed by atoms with Crippen molar-refractivity contribution in [1.29, 1.82) is 0 Å². The van der Waals surface area contributed by atoms with Crippen molar-refractivity contribution < 1.29 is 4.79 Å². The summed E-state index contributed by atoms with van der Waals surface area (Å²) < 4.78 is 2.05. The van der Waals surface area contributed by atoms with E-state index in [2.05, 4.69) is 35.1 Å². The maximum absolute atomic E-state index is 13.5. The highest BCUT2D eigenvalue weighted by molar-refractivity contribution is 6.01. The number of aryl methyl sites for hydroxylation is 1. The first-order chi connectivity index (χ1) is 16.5. The van der Waals surface area contributed by atoms with Gasteiger partial charge in [0.25, 0.3) is 5.91 Å². The Morgan fingerprint density at radius 1 is 1.06 bits per heavy atom. The summed E-state index contributed by atoms with van der Waals surface area (Å²) in [4.78, 5) is 27.3. The average molecular weight is 456 g/mol. The number of carbonyl (C=O) groups is 1. The van der Waals surface area contributed by atoms with Crippen LogP contribution >= 0.6 is 0 Å². The largest absolute Gasteiger partial charge is 0.306 e. The number of pyridine rings is 1. The van der Waals surface area contributed by atoms with E-state index in [1.165, 1.54) is 19.3 Å². The first-order valence-corrected chi connectivity index (χ1v) is 12.8. The van der Waals surface area contributed by atoms with Gasteiger partial charge in [-0.15, -0.1) is 0 Å². The molecule has 6 rings (SSSR count). The second kappa shape index (κ2) is 8.66. The molecule has 1 amide bonds. The molecular formula is C28H33N5O. The second-order valence-electron chi connectivity index (χ2n) is 10.3. The van der Waals surface area contributed by atoms with Gasteiger partial charge in [-0.1, -0.05) is 19.4 Å². The SMILES string of the molecule is Cc1cn2cc(C3=CC(=O)N4C=C(C5CCN(C6CCC6)CC5)N=CC4=CCC3C)ccc2n1. The number of nitrogens with zero attached hydrogens (tertiary/aromatic N) is 5. The first-order valence-electron chi connectivity index (χ1n) is 12.8. The van der Waals surface area contributed by atoms with Crippen molar-refractivity contribution in [3.63, 3.8) is 0 Å². The topological polar surface area (TPSA) is 53.2 Å². The van der Waals surface area contributed by atoms with Gasteiger partial charge in [-0.05, 0) is 81.3 Å². The molecule has 0 aromatic carbocycles. The predicted molar refractivity (Wildman–Crippen MR) is 135 cm³/mol. The fraction of sp³-hybridized carbons (Fsp3) is 0.464. The monoisotopic (exact) mass is 455 g/mol. The molecule has 1 saturated heterocycles. The van der Waals surface area contributed by atoms with Gasteiger partial charge in [0.2, 0.25) is 0 Å². The lowest BCUT2D eigenvalue weighted by Crippen LogP contribution is -2.45. The van der Waals surface area contributed by atoms with Gasteiger partial charge in [0, 0.05) is 36.6 Å². The number of aromatic nitrogens is 2. The minimum absolute atomic E-state index is 0.00487. The van der Waals surface area contributed by atoms with E-state index in [4.69, 9.17) is 4.99 Å². The molecule has 5 heterocycles. The molecule has 6 heteroatoms. The van der Waals surface area contributed by atoms with Gasteiger partial charge < -0.3 is 9.30 Å². The van der Waals surface area contributed by atoms with Gasteiger partial charge in [-0.2, -0.15) is 0 Å². The van der Waals surface area contributed by atoms with E-state index in [9.17, 15) is 4.79 Å². The van der Waals surface area contributed by atoms with Crippen LogP contribution in [0.4, 0.5) is 0 Å². The number of amides is 1. The number of hydrogen-bond donors (Lipinski definition) is 0. The fourth-order valence-corrected chi connectivity index (χ4v) is 5.73. The van der Waals surface area contributed by atoms with Crippen LogP contribution in [0.5, 0.6) is 0 Å². The van der Waals surface area contributed by atoms with Gasteiger partial charge in [0.15, 0.2) is 0 Å². The Bertz CT molecular complexity index is 1240. The number of likely N-dealkylation sites (tertiary alicyclic amines) is 1. The summed E-state index contributed by atoms with van der Waals surface area (Å²) in [6.07, 6.45) is 19.2. The molecule has 0 N–H and O–H groups in total. The normalized spacial score (nSPS) is 24.8. The molecule has 2 fully saturated rings. The van der Waals surface area contributed by atoms with Crippen LogP contribution in [-0.4, -0.2) is 50.4 Å². The van der Waals surface area contributed by atoms with Crippen molar-refractivity contribution in [2.75, 3.05) is 13.1 Å². The third kappa shape index (κ3) is 3.94. The third-order valence-electron chi connectivity index (χ3n) is 8.06. The Morgan fingerprint density at radius 3 is 2.65 bits per heavy atom. The number of hydrogen-bond acceptors (Lipinski definition) is 4. The molecule has 2 aromatic rings. The number of piperidine rings is 1. The van der Waals surface area contributed by atoms with Crippen LogP contribution < -0.4 is 0 Å². The van der Waals surface area contributed by atoms with Gasteiger partial charge in [-0.25, -0.2) is 4.98 Å². The molecule has 3 aliphatic heterocycles. The van der Waals surface area contributed by atoms with E-state index >= 15 is 0 Å². The summed E-state index contributed by atoms with van der Waals surface area (Å²) in [6, 6.07) is 4.92. The molecule has 1 saturated carbocycles. The predicted octanol–water partition coefficient (Wildman–Crippen LogP) is 4.97. The van der Waals surface area contributed by atoms with Crippen LogP contribution in [0.1, 0.15) is 56.7 Å². The molecule has 0 spiro atoms. The molecule has 1 unspecified atom stereocenters. The molecule has 1 atom stereocenters. The van der Waals surface area contributed by atoms with Crippen molar-refractivity contribution in [1.82, 2.24) is 19.2 Å². The number of aliphatic imine (C=N–C) groups is 1. The molecule has 0 bridgehead atoms. The van der Waals surface area contributed by atoms with Gasteiger partial charge in [-0.3, -0.25) is 14.7 Å². The molecule has 176 valence electrons. The van der Waals surface area contributed by atoms with E-state index in [1.54, 1.807) is 0 Å². The molecule has 4 aliphatic rings. The van der Waals surface area contributed by atoms with Crippen LogP contribution in [0.25, 0.3) is 11.2 Å². The van der Waals surface area contributed by atoms with Gasteiger partial charge in [0.05, 0.1) is 23.3 Å². The van der Waals surface area contributed by atoms with Crippen molar-refractivity contribution in [3.05, 3.63) is 65.5 Å². The van der Waals surface area contributed by atoms with Crippen LogP contribution in [0, 0.1) is 18.8 Å². The maximum Gasteiger partial charge on any atom is 0.255 e. The van der Waals surface area contributed by atoms with Crippen LogP contribution in [0.2, 0.25) is 0 Å². The highest BCUT2D eigenvalue weighted by atomic mass is 16.2. The summed E-state index contributed by atoms with van der Waals surface area (Å²) in [6.45, 7) is 6.48. The fourth-order valence-electron chi connectivity index (χ4n) is 5.73. The van der Waals surface area contributed by atoms with E-state index in [1.807, 2.05) is 47.0 Å². The Balaban J connectivity index is 1.24. The second-order valence-corrected chi connectivity index (χ2v) is 10.3. The van der Waals surface area contributed by atoms with E-state index in [0.29, 0.717) is 5.92 Å². The zero-order valence-electron chi connectivity index (χ0n) is 20.2. The molecular weight excluding hydrogens is 422 g/mol. The highest BCUT2D eigenvalue weighted by Gasteiger charge is 2.31. The minimum Gasteiger partial charge on any atom is -0.306 e. The number of imidazole rings is 1. The molecule has 34 heavy (non-hydrogen) atoms. The first kappa shape index (κ1) is 21.5. The number of allylic oxidation sites excluding steroid dienone is 4. The summed E-state index contributed by atoms with van der Waals surface area (Å²) in [5.74, 6) is 0.669. The van der Waals surface area contributed by atoms with Crippen molar-refractivity contribution in [2.45, 2.75) is 58.4 Å². The quantitative estimate of drug-likeness (QED) is 0.657. The van der Waals surface area contributed by atoms with Crippen molar-refractivity contribution in [2.24, 2.45) is 16.8 Å². The van der Waals surface area contributed by atoms with Gasteiger partial charge in [0.1, 0.15) is 5.65 Å². The zero-order chi connectivity index (χ0) is 23.2. The third-order valence-corrected chi connectivity index (χ3v) is 8.06. The van der Waals surface area contributed by atoms with Crippen LogP contribution in [0.15, 0.2) is 59.3 Å².